The van der Waals surface area contributed by atoms with E-state index in [1.54, 1.807) is 36.4 Å². The minimum absolute atomic E-state index is 0.0579. The molecule has 0 atom stereocenters. The second kappa shape index (κ2) is 27.2. The first kappa shape index (κ1) is 48.5. The van der Waals surface area contributed by atoms with Gasteiger partial charge in [0.2, 0.25) is 0 Å². The lowest BCUT2D eigenvalue weighted by atomic mass is 10.1. The van der Waals surface area contributed by atoms with E-state index in [1.807, 2.05) is 24.3 Å². The first-order valence-electron chi connectivity index (χ1n) is 16.7. The van der Waals surface area contributed by atoms with E-state index in [9.17, 15) is 21.9 Å². The zero-order valence-electron chi connectivity index (χ0n) is 29.9. The molecule has 53 heavy (non-hydrogen) atoms. The highest BCUT2D eigenvalue weighted by molar-refractivity contribution is 7.86. The number of hydrogen-bond acceptors (Lipinski definition) is 12. The third-order valence-corrected chi connectivity index (χ3v) is 8.12. The number of amidine groups is 2. The van der Waals surface area contributed by atoms with Gasteiger partial charge in [0.15, 0.2) is 0 Å². The van der Waals surface area contributed by atoms with Crippen molar-refractivity contribution >= 4 is 31.9 Å². The topological polar surface area (TPSA) is 308 Å². The van der Waals surface area contributed by atoms with Gasteiger partial charge in [-0.15, -0.1) is 0 Å². The number of ether oxygens (including phenoxy) is 2. The van der Waals surface area contributed by atoms with Crippen molar-refractivity contribution in [3.8, 4) is 23.0 Å². The van der Waals surface area contributed by atoms with Crippen LogP contribution in [0.25, 0.3) is 0 Å². The van der Waals surface area contributed by atoms with E-state index in [-0.39, 0.29) is 23.2 Å². The summed E-state index contributed by atoms with van der Waals surface area (Å²) in [6.45, 7) is 2.41. The number of nitrogens with two attached hydrogens (primary N) is 2. The molecule has 0 heterocycles. The molecule has 298 valence electrons. The van der Waals surface area contributed by atoms with Crippen LogP contribution in [0.1, 0.15) is 68.6 Å². The maximum atomic E-state index is 9.63. The third kappa shape index (κ3) is 26.9. The molecule has 0 spiro atoms. The van der Waals surface area contributed by atoms with Gasteiger partial charge in [-0.25, -0.2) is 0 Å². The Morgan fingerprint density at radius 3 is 1.38 bits per heavy atom. The molecule has 3 rings (SSSR count). The van der Waals surface area contributed by atoms with E-state index >= 15 is 0 Å². The number of aromatic hydroxyl groups is 2. The van der Waals surface area contributed by atoms with Crippen LogP contribution >= 0.6 is 0 Å². The smallest absolute Gasteiger partial charge is 0.267 e. The van der Waals surface area contributed by atoms with Crippen molar-refractivity contribution in [1.29, 1.82) is 10.8 Å². The highest BCUT2D eigenvalue weighted by atomic mass is 32.2. The van der Waals surface area contributed by atoms with E-state index in [4.69, 9.17) is 56.2 Å². The summed E-state index contributed by atoms with van der Waals surface area (Å²) in [4.78, 5) is 0. The molecular weight excluding hydrogens is 733 g/mol. The Bertz CT molecular complexity index is 1590. The number of nitrogens with one attached hydrogen (secondary N) is 2. The molecule has 0 saturated carbocycles. The molecular formula is C35H54N4O12S2. The lowest BCUT2D eigenvalue weighted by molar-refractivity contribution is 0.279. The molecule has 0 aliphatic rings. The molecule has 0 radical (unpaired) electrons. The van der Waals surface area contributed by atoms with Crippen LogP contribution in [0.15, 0.2) is 66.7 Å². The van der Waals surface area contributed by atoms with Gasteiger partial charge in [-0.3, -0.25) is 19.9 Å². The van der Waals surface area contributed by atoms with Crippen LogP contribution in [-0.2, 0) is 26.7 Å². The monoisotopic (exact) mass is 786 g/mol. The Balaban J connectivity index is 0.000000805. The summed E-state index contributed by atoms with van der Waals surface area (Å²) in [5.41, 5.74) is 13.1. The van der Waals surface area contributed by atoms with Gasteiger partial charge in [0.05, 0.1) is 37.9 Å². The fourth-order valence-electron chi connectivity index (χ4n) is 3.96. The number of hydrogen-bond donors (Lipinski definition) is 10. The van der Waals surface area contributed by atoms with Crippen molar-refractivity contribution in [2.24, 2.45) is 11.5 Å². The van der Waals surface area contributed by atoms with Crippen LogP contribution in [0.2, 0.25) is 0 Å². The molecule has 0 bridgehead atoms. The molecule has 3 aromatic carbocycles. The molecule has 0 amide bonds. The van der Waals surface area contributed by atoms with Crippen LogP contribution < -0.4 is 20.9 Å². The number of aryl methyl sites for hydroxylation is 1. The lowest BCUT2D eigenvalue weighted by Crippen LogP contribution is -2.10. The Morgan fingerprint density at radius 2 is 1.06 bits per heavy atom. The molecule has 0 saturated heterocycles. The van der Waals surface area contributed by atoms with E-state index in [2.05, 4.69) is 6.92 Å². The van der Waals surface area contributed by atoms with Crippen LogP contribution in [-0.4, -0.2) is 96.0 Å². The normalized spacial score (nSPS) is 10.7. The summed E-state index contributed by atoms with van der Waals surface area (Å²) >= 11 is 0. The molecule has 0 aliphatic carbocycles. The summed E-state index contributed by atoms with van der Waals surface area (Å²) < 4.78 is 65.5. The number of benzene rings is 3. The van der Waals surface area contributed by atoms with E-state index in [1.165, 1.54) is 25.3 Å². The maximum absolute atomic E-state index is 9.63. The Hall–Kier alpha value is -4.46. The zero-order valence-corrected chi connectivity index (χ0v) is 31.5. The van der Waals surface area contributed by atoms with Crippen LogP contribution in [0.5, 0.6) is 23.0 Å². The lowest BCUT2D eigenvalue weighted by Gasteiger charge is -2.08. The molecule has 0 unspecified atom stereocenters. The second-order valence-electron chi connectivity index (χ2n) is 11.3. The number of unbranched alkanes of at least 4 members (excludes halogenated alkanes) is 5. The molecule has 12 N–H and O–H groups in total. The standard InChI is InChI=1S/C19H24N4O2.C12H18O2.2C2H6O4S/c20-18(21)14-4-8-16(9-5-14)24-12-2-1-3-13-25-17-10-6-15(7-11-17)19(22)23;1-2-3-4-5-6-10-7-8-11(13)9-12(10)14;2*3-1-2-7(4,5)6/h4-11H,1-3,12-13H2,(H3,20,21)(H3,22,23);7-9,13-14H,2-6H2,1H3;2*3H,1-2H2,(H,4,5,6). The van der Waals surface area contributed by atoms with Crippen molar-refractivity contribution < 1.29 is 55.8 Å². The SMILES string of the molecule is CCCCCCc1ccc(O)cc1O.N=C(N)c1ccc(OCCCCCOc2ccc(C(=N)N)cc2)cc1.O=S(=O)(O)CCO.O=S(=O)(O)CCO. The fraction of sp³-hybridized carbons (Fsp3) is 0.429. The molecule has 3 aromatic rings. The number of rotatable bonds is 19. The molecule has 0 fully saturated rings. The summed E-state index contributed by atoms with van der Waals surface area (Å²) in [6.07, 6.45) is 8.58. The van der Waals surface area contributed by atoms with E-state index in [0.29, 0.717) is 24.3 Å². The van der Waals surface area contributed by atoms with Crippen LogP contribution in [0, 0.1) is 10.8 Å². The minimum Gasteiger partial charge on any atom is -0.508 e. The average Bonchev–Trinajstić information content (AvgIpc) is 3.07. The van der Waals surface area contributed by atoms with Gasteiger partial charge in [0.25, 0.3) is 20.2 Å². The summed E-state index contributed by atoms with van der Waals surface area (Å²) in [5.74, 6) is 0.866. The van der Waals surface area contributed by atoms with Gasteiger partial charge >= 0.3 is 0 Å². The van der Waals surface area contributed by atoms with Crippen molar-refractivity contribution in [1.82, 2.24) is 0 Å². The van der Waals surface area contributed by atoms with Gasteiger partial charge in [-0.2, -0.15) is 16.8 Å². The number of nitrogen functional groups attached to an aromatic ring is 2. The Labute approximate surface area is 311 Å². The van der Waals surface area contributed by atoms with Gasteiger partial charge in [-0.1, -0.05) is 32.3 Å². The van der Waals surface area contributed by atoms with Crippen LogP contribution in [0.4, 0.5) is 0 Å². The molecule has 0 aliphatic heterocycles. The first-order chi connectivity index (χ1) is 24.9. The predicted octanol–water partition coefficient (Wildman–Crippen LogP) is 3.84. The van der Waals surface area contributed by atoms with Crippen molar-refractivity contribution in [3.63, 3.8) is 0 Å². The number of phenolic OH excluding ortho intramolecular Hbond substituents is 2. The summed E-state index contributed by atoms with van der Waals surface area (Å²) in [6, 6.07) is 19.2. The first-order valence-corrected chi connectivity index (χ1v) is 19.9. The van der Waals surface area contributed by atoms with Crippen molar-refractivity contribution in [2.75, 3.05) is 37.9 Å². The van der Waals surface area contributed by atoms with E-state index < -0.39 is 45.0 Å². The molecule has 18 heteroatoms. The number of aliphatic hydroxyl groups excluding tert-OH is 2. The fourth-order valence-corrected chi connectivity index (χ4v) is 4.42. The minimum atomic E-state index is -3.92. The number of phenols is 2. The van der Waals surface area contributed by atoms with Crippen molar-refractivity contribution in [2.45, 2.75) is 58.3 Å². The summed E-state index contributed by atoms with van der Waals surface area (Å²) in [5, 5.41) is 49.0. The highest BCUT2D eigenvalue weighted by Gasteiger charge is 2.03. The molecule has 16 nitrogen and oxygen atoms in total. The zero-order chi connectivity index (χ0) is 40.3. The number of aliphatic hydroxyl groups is 2. The largest absolute Gasteiger partial charge is 0.508 e. The second-order valence-corrected chi connectivity index (χ2v) is 14.4. The maximum Gasteiger partial charge on any atom is 0.267 e. The van der Waals surface area contributed by atoms with Crippen molar-refractivity contribution in [3.05, 3.63) is 83.4 Å². The van der Waals surface area contributed by atoms with Gasteiger partial charge in [0.1, 0.15) is 34.7 Å². The van der Waals surface area contributed by atoms with Gasteiger partial charge < -0.3 is 41.4 Å². The van der Waals surface area contributed by atoms with Gasteiger partial charge in [-0.05, 0) is 92.3 Å². The molecule has 0 aromatic heterocycles. The van der Waals surface area contributed by atoms with E-state index in [0.717, 1.165) is 49.2 Å². The third-order valence-electron chi connectivity index (χ3n) is 6.72. The average molecular weight is 787 g/mol. The highest BCUT2D eigenvalue weighted by Crippen LogP contribution is 2.24. The quantitative estimate of drug-likeness (QED) is 0.0357. The van der Waals surface area contributed by atoms with Crippen LogP contribution in [0.3, 0.4) is 0 Å². The van der Waals surface area contributed by atoms with Gasteiger partial charge in [0, 0.05) is 17.2 Å². The Morgan fingerprint density at radius 1 is 0.642 bits per heavy atom. The summed E-state index contributed by atoms with van der Waals surface area (Å²) in [7, 11) is -7.85. The Kier molecular flexibility index (Phi) is 24.9. The predicted molar refractivity (Wildman–Crippen MR) is 204 cm³/mol.